The number of nitrogens with zero attached hydrogens (tertiary/aromatic N) is 1. The van der Waals surface area contributed by atoms with E-state index in [1.54, 1.807) is 11.3 Å². The quantitative estimate of drug-likeness (QED) is 0.773. The van der Waals surface area contributed by atoms with Crippen molar-refractivity contribution in [3.8, 4) is 0 Å². The molecule has 1 unspecified atom stereocenters. The maximum absolute atomic E-state index is 11.8. The van der Waals surface area contributed by atoms with Gasteiger partial charge in [-0.25, -0.2) is 4.98 Å². The number of hydrogen-bond acceptors (Lipinski definition) is 4. The van der Waals surface area contributed by atoms with Gasteiger partial charge in [0.25, 0.3) is 0 Å². The first-order valence-corrected chi connectivity index (χ1v) is 7.04. The maximum atomic E-state index is 11.8. The first kappa shape index (κ1) is 12.6. The van der Waals surface area contributed by atoms with Crippen molar-refractivity contribution in [2.75, 3.05) is 7.11 Å². The Morgan fingerprint density at radius 1 is 1.53 bits per heavy atom. The monoisotopic (exact) mass is 253 g/mol. The number of carbonyl (C=O) groups excluding carboxylic acids is 1. The number of aromatic nitrogens is 1. The van der Waals surface area contributed by atoms with Gasteiger partial charge in [-0.3, -0.25) is 4.79 Å². The molecule has 3 nitrogen and oxygen atoms in total. The first-order chi connectivity index (χ1) is 8.13. The zero-order chi connectivity index (χ0) is 12.4. The minimum Gasteiger partial charge on any atom is -0.468 e. The molecule has 1 fully saturated rings. The van der Waals surface area contributed by atoms with E-state index in [1.165, 1.54) is 32.1 Å². The molecule has 17 heavy (non-hydrogen) atoms. The summed E-state index contributed by atoms with van der Waals surface area (Å²) in [5.74, 6) is 0.474. The van der Waals surface area contributed by atoms with E-state index in [4.69, 9.17) is 4.74 Å². The molecule has 0 bridgehead atoms. The van der Waals surface area contributed by atoms with Crippen LogP contribution in [-0.4, -0.2) is 18.1 Å². The molecule has 94 valence electrons. The van der Waals surface area contributed by atoms with E-state index in [1.807, 2.05) is 13.8 Å². The summed E-state index contributed by atoms with van der Waals surface area (Å²) in [6, 6.07) is 0. The minimum atomic E-state index is -0.209. The summed E-state index contributed by atoms with van der Waals surface area (Å²) in [4.78, 5) is 16.4. The third kappa shape index (κ3) is 2.51. The highest BCUT2D eigenvalue weighted by Gasteiger charge is 2.30. The molecule has 0 amide bonds. The minimum absolute atomic E-state index is 0.172. The number of ether oxygens (including phenoxy) is 1. The van der Waals surface area contributed by atoms with Crippen molar-refractivity contribution in [3.05, 3.63) is 16.1 Å². The number of rotatable bonds is 4. The van der Waals surface area contributed by atoms with Gasteiger partial charge in [0.15, 0.2) is 0 Å². The molecule has 0 radical (unpaired) electrons. The van der Waals surface area contributed by atoms with Gasteiger partial charge in [-0.15, -0.1) is 11.3 Å². The van der Waals surface area contributed by atoms with E-state index in [0.29, 0.717) is 5.92 Å². The van der Waals surface area contributed by atoms with Gasteiger partial charge < -0.3 is 4.74 Å². The lowest BCUT2D eigenvalue weighted by atomic mass is 9.83. The molecular weight excluding hydrogens is 234 g/mol. The van der Waals surface area contributed by atoms with Crippen LogP contribution in [0.25, 0.3) is 0 Å². The summed E-state index contributed by atoms with van der Waals surface area (Å²) in [6.07, 6.45) is 3.80. The van der Waals surface area contributed by atoms with Gasteiger partial charge in [0, 0.05) is 11.3 Å². The van der Waals surface area contributed by atoms with E-state index < -0.39 is 0 Å². The number of esters is 1. The normalized spacial score (nSPS) is 17.9. The molecule has 1 heterocycles. The molecule has 4 heteroatoms. The first-order valence-electron chi connectivity index (χ1n) is 6.16. The van der Waals surface area contributed by atoms with Crippen LogP contribution in [0.3, 0.4) is 0 Å². The highest BCUT2D eigenvalue weighted by molar-refractivity contribution is 7.09. The van der Waals surface area contributed by atoms with Crippen LogP contribution in [-0.2, 0) is 9.53 Å². The van der Waals surface area contributed by atoms with Gasteiger partial charge in [0.1, 0.15) is 10.9 Å². The predicted octanol–water partition coefficient (Wildman–Crippen LogP) is 3.32. The fourth-order valence-corrected chi connectivity index (χ4v) is 3.28. The molecule has 2 rings (SSSR count). The standard InChI is InChI=1S/C13H19NO2S/c1-8(2)11(13(15)16-3)12-14-10(7-17-12)9-5-4-6-9/h7-9,11H,4-6H2,1-3H3. The Hall–Kier alpha value is -0.900. The topological polar surface area (TPSA) is 39.2 Å². The van der Waals surface area contributed by atoms with E-state index in [-0.39, 0.29) is 17.8 Å². The van der Waals surface area contributed by atoms with Gasteiger partial charge in [0.05, 0.1) is 12.8 Å². The van der Waals surface area contributed by atoms with Crippen LogP contribution in [0.4, 0.5) is 0 Å². The Balaban J connectivity index is 2.17. The van der Waals surface area contributed by atoms with Gasteiger partial charge in [-0.2, -0.15) is 0 Å². The zero-order valence-corrected chi connectivity index (χ0v) is 11.4. The number of carbonyl (C=O) groups is 1. The van der Waals surface area contributed by atoms with Crippen molar-refractivity contribution in [2.45, 2.75) is 44.9 Å². The summed E-state index contributed by atoms with van der Waals surface area (Å²) in [5, 5.41) is 3.02. The molecule has 0 saturated heterocycles. The lowest BCUT2D eigenvalue weighted by Gasteiger charge is -2.23. The van der Waals surface area contributed by atoms with Gasteiger partial charge in [0.2, 0.25) is 0 Å². The molecule has 0 N–H and O–H groups in total. The number of hydrogen-bond donors (Lipinski definition) is 0. The molecule has 1 atom stereocenters. The van der Waals surface area contributed by atoms with Crippen LogP contribution < -0.4 is 0 Å². The Kier molecular flexibility index (Phi) is 3.82. The van der Waals surface area contributed by atoms with Crippen molar-refractivity contribution in [1.82, 2.24) is 4.98 Å². The Labute approximate surface area is 106 Å². The second-order valence-corrected chi connectivity index (χ2v) is 5.87. The number of thiazole rings is 1. The highest BCUT2D eigenvalue weighted by Crippen LogP contribution is 2.38. The van der Waals surface area contributed by atoms with E-state index >= 15 is 0 Å². The smallest absolute Gasteiger partial charge is 0.315 e. The van der Waals surface area contributed by atoms with E-state index in [0.717, 1.165) is 5.01 Å². The van der Waals surface area contributed by atoms with Crippen molar-refractivity contribution < 1.29 is 9.53 Å². The zero-order valence-electron chi connectivity index (χ0n) is 10.6. The van der Waals surface area contributed by atoms with Crippen molar-refractivity contribution in [3.63, 3.8) is 0 Å². The average molecular weight is 253 g/mol. The van der Waals surface area contributed by atoms with E-state index in [2.05, 4.69) is 10.4 Å². The average Bonchev–Trinajstić information content (AvgIpc) is 2.63. The highest BCUT2D eigenvalue weighted by atomic mass is 32.1. The van der Waals surface area contributed by atoms with Crippen LogP contribution in [0, 0.1) is 5.92 Å². The summed E-state index contributed by atoms with van der Waals surface area (Å²) in [6.45, 7) is 4.07. The molecule has 0 aliphatic heterocycles. The lowest BCUT2D eigenvalue weighted by Crippen LogP contribution is -2.19. The molecule has 1 aliphatic rings. The van der Waals surface area contributed by atoms with Crippen LogP contribution in [0.15, 0.2) is 5.38 Å². The third-order valence-electron chi connectivity index (χ3n) is 3.45. The molecule has 1 aromatic rings. The van der Waals surface area contributed by atoms with Gasteiger partial charge in [-0.1, -0.05) is 20.3 Å². The maximum Gasteiger partial charge on any atom is 0.315 e. The van der Waals surface area contributed by atoms with Gasteiger partial charge in [-0.05, 0) is 18.8 Å². The second kappa shape index (κ2) is 5.17. The van der Waals surface area contributed by atoms with Crippen LogP contribution in [0.5, 0.6) is 0 Å². The summed E-state index contributed by atoms with van der Waals surface area (Å²) in [5.41, 5.74) is 1.17. The molecule has 1 saturated carbocycles. The van der Waals surface area contributed by atoms with Crippen molar-refractivity contribution >= 4 is 17.3 Å². The Morgan fingerprint density at radius 3 is 2.71 bits per heavy atom. The molecule has 1 aromatic heterocycles. The fourth-order valence-electron chi connectivity index (χ4n) is 2.12. The molecule has 0 spiro atoms. The summed E-state index contributed by atoms with van der Waals surface area (Å²) in [7, 11) is 1.44. The number of methoxy groups -OCH3 is 1. The molecular formula is C13H19NO2S. The predicted molar refractivity (Wildman–Crippen MR) is 68.3 cm³/mol. The van der Waals surface area contributed by atoms with Crippen LogP contribution in [0.1, 0.15) is 55.6 Å². The van der Waals surface area contributed by atoms with E-state index in [9.17, 15) is 4.79 Å². The Bertz CT molecular complexity index is 396. The third-order valence-corrected chi connectivity index (χ3v) is 4.40. The Morgan fingerprint density at radius 2 is 2.24 bits per heavy atom. The molecule has 0 aromatic carbocycles. The second-order valence-electron chi connectivity index (χ2n) is 4.98. The van der Waals surface area contributed by atoms with Crippen LogP contribution >= 0.6 is 11.3 Å². The summed E-state index contributed by atoms with van der Waals surface area (Å²) >= 11 is 1.60. The van der Waals surface area contributed by atoms with Crippen molar-refractivity contribution in [2.24, 2.45) is 5.92 Å². The molecule has 1 aliphatic carbocycles. The largest absolute Gasteiger partial charge is 0.468 e. The summed E-state index contributed by atoms with van der Waals surface area (Å²) < 4.78 is 4.87. The van der Waals surface area contributed by atoms with Crippen LogP contribution in [0.2, 0.25) is 0 Å². The SMILES string of the molecule is COC(=O)C(c1nc(C2CCC2)cs1)C(C)C. The van der Waals surface area contributed by atoms with Crippen molar-refractivity contribution in [1.29, 1.82) is 0 Å². The fraction of sp³-hybridized carbons (Fsp3) is 0.692. The lowest BCUT2D eigenvalue weighted by molar-refractivity contribution is -0.143. The van der Waals surface area contributed by atoms with Gasteiger partial charge >= 0.3 is 5.97 Å².